The van der Waals surface area contributed by atoms with E-state index in [-0.39, 0.29) is 0 Å². The van der Waals surface area contributed by atoms with Gasteiger partial charge in [-0.2, -0.15) is 0 Å². The van der Waals surface area contributed by atoms with Crippen LogP contribution < -0.4 is 0 Å². The monoisotopic (exact) mass is 127 g/mol. The first kappa shape index (κ1) is 5.39. The maximum Gasteiger partial charge on any atom is 0.0373 e. The van der Waals surface area contributed by atoms with Gasteiger partial charge in [0.15, 0.2) is 0 Å². The molecule has 0 spiro atoms. The minimum atomic E-state index is -1.36. The van der Waals surface area contributed by atoms with Crippen LogP contribution >= 0.6 is 0 Å². The van der Waals surface area contributed by atoms with Crippen LogP contribution in [0.3, 0.4) is 0 Å². The van der Waals surface area contributed by atoms with Crippen molar-refractivity contribution < 1.29 is 0 Å². The molecule has 0 aromatic carbocycles. The molecule has 0 aliphatic carbocycles. The first-order chi connectivity index (χ1) is 2.27. The Kier molecular flexibility index (Phi) is 2.82. The highest BCUT2D eigenvalue weighted by Crippen LogP contribution is 1.57. The Hall–Kier alpha value is 0.390. The average Bonchev–Trinajstić information content (AvgIpc) is 1.38. The molecule has 0 aromatic rings. The molecule has 0 radical (unpaired) electrons. The molecule has 0 aliphatic heterocycles. The molecular weight excluding hydrogens is 126 g/mol. The lowest BCUT2D eigenvalue weighted by atomic mass is 13.7. The van der Waals surface area contributed by atoms with E-state index in [1.165, 1.54) is 0 Å². The van der Waals surface area contributed by atoms with Crippen LogP contribution in [0.4, 0.5) is 0 Å². The van der Waals surface area contributed by atoms with E-state index >= 15 is 0 Å². The molecule has 0 aliphatic rings. The van der Waals surface area contributed by atoms with Crippen molar-refractivity contribution in [1.82, 2.24) is 0 Å². The summed E-state index contributed by atoms with van der Waals surface area (Å²) in [7, 11) is -1.36. The van der Waals surface area contributed by atoms with Gasteiger partial charge in [0, 0.05) is 12.8 Å². The third-order valence-electron chi connectivity index (χ3n) is 0.0667. The second-order valence-electron chi connectivity index (χ2n) is 0.319. The van der Waals surface area contributed by atoms with E-state index in [4.69, 9.17) is 4.91 Å². The van der Waals surface area contributed by atoms with Gasteiger partial charge < -0.3 is 0 Å². The summed E-state index contributed by atoms with van der Waals surface area (Å²) < 4.78 is 2.33. The van der Waals surface area contributed by atoms with Crippen LogP contribution in [0.1, 0.15) is 0 Å². The summed E-state index contributed by atoms with van der Waals surface area (Å²) >= 11 is 8.36. The highest BCUT2D eigenvalue weighted by Gasteiger charge is 1.52. The predicted octanol–water partition coefficient (Wildman–Crippen LogP) is -0.0578. The van der Waals surface area contributed by atoms with E-state index in [0.29, 0.717) is 0 Å². The van der Waals surface area contributed by atoms with Crippen molar-refractivity contribution in [3.8, 4) is 0 Å². The van der Waals surface area contributed by atoms with E-state index in [9.17, 15) is 0 Å². The third-order valence-corrected chi connectivity index (χ3v) is 0.600. The predicted molar refractivity (Wildman–Crippen MR) is 29.3 cm³/mol. The first-order valence-corrected chi connectivity index (χ1v) is 4.07. The Labute approximate surface area is 40.5 Å². The molecule has 0 N–H and O–H groups in total. The van der Waals surface area contributed by atoms with Crippen LogP contribution in [0.15, 0.2) is 4.58 Å². The molecule has 0 saturated carbocycles. The van der Waals surface area contributed by atoms with Crippen LogP contribution in [0.5, 0.6) is 0 Å². The lowest BCUT2D eigenvalue weighted by Crippen LogP contribution is -1.46. The van der Waals surface area contributed by atoms with Gasteiger partial charge in [-0.25, -0.2) is 0 Å². The maximum absolute atomic E-state index is 9.08. The van der Waals surface area contributed by atoms with Gasteiger partial charge in [-0.15, -0.1) is 4.91 Å². The molecule has 0 heterocycles. The van der Waals surface area contributed by atoms with Crippen molar-refractivity contribution >= 4 is 30.6 Å². The van der Waals surface area contributed by atoms with Crippen LogP contribution in [-0.4, -0.2) is 0 Å². The van der Waals surface area contributed by atoms with E-state index in [2.05, 4.69) is 27.0 Å². The van der Waals surface area contributed by atoms with Gasteiger partial charge in [-0.1, -0.05) is 0 Å². The fourth-order valence-corrected chi connectivity index (χ4v) is 0. The Morgan fingerprint density at radius 3 is 1.80 bits per heavy atom. The van der Waals surface area contributed by atoms with Gasteiger partial charge in [-0.05, 0) is 22.4 Å². The summed E-state index contributed by atoms with van der Waals surface area (Å²) in [6.07, 6.45) is 0. The Morgan fingerprint density at radius 1 is 1.60 bits per heavy atom. The van der Waals surface area contributed by atoms with Gasteiger partial charge in [0.25, 0.3) is 0 Å². The zero-order valence-corrected chi connectivity index (χ0v) is 4.65. The van der Waals surface area contributed by atoms with E-state index < -0.39 is 8.20 Å². The van der Waals surface area contributed by atoms with Crippen LogP contribution in [-0.2, 0) is 30.6 Å². The smallest absolute Gasteiger partial charge is 0.0373 e. The number of rotatable bonds is 1. The molecule has 0 saturated heterocycles. The summed E-state index contributed by atoms with van der Waals surface area (Å²) in [4.78, 5) is 9.08. The fourth-order valence-electron chi connectivity index (χ4n) is 0. The fraction of sp³-hybridized carbons (Fsp3) is 0. The highest BCUT2D eigenvalue weighted by atomic mass is 33.1. The van der Waals surface area contributed by atoms with Crippen molar-refractivity contribution in [3.05, 3.63) is 4.91 Å². The second kappa shape index (κ2) is 2.62. The Bertz CT molecular complexity index is 83.1. The molecule has 5 heavy (non-hydrogen) atoms. The number of hydrogen-bond donors (Lipinski definition) is 1. The zero-order valence-electron chi connectivity index (χ0n) is 2.12. The molecule has 5 heteroatoms. The Morgan fingerprint density at radius 2 is 1.80 bits per heavy atom. The van der Waals surface area contributed by atoms with Crippen LogP contribution in [0, 0.1) is 4.91 Å². The standard InChI is InChI=1S/HNOS3/c2-1-5(3)4/h5H. The third kappa shape index (κ3) is 4.39. The lowest BCUT2D eigenvalue weighted by molar-refractivity contribution is 1.90. The average molecular weight is 127 g/mol. The van der Waals surface area contributed by atoms with Gasteiger partial charge in [0.05, 0.1) is 0 Å². The Balaban J connectivity index is 3.69. The molecule has 0 bridgehead atoms. The molecule has 0 aromatic heterocycles. The lowest BCUT2D eigenvalue weighted by Gasteiger charge is -1.51. The second-order valence-corrected chi connectivity index (χ2v) is 3.73. The maximum atomic E-state index is 9.08. The molecule has 0 fully saturated rings. The van der Waals surface area contributed by atoms with Crippen molar-refractivity contribution in [2.24, 2.45) is 4.58 Å². The number of nitroso groups, excluding NO2 is 1. The highest BCUT2D eigenvalue weighted by molar-refractivity contribution is 8.45. The van der Waals surface area contributed by atoms with Crippen LogP contribution in [0.25, 0.3) is 0 Å². The zero-order chi connectivity index (χ0) is 4.28. The topological polar surface area (TPSA) is 29.4 Å². The van der Waals surface area contributed by atoms with Gasteiger partial charge in [0.1, 0.15) is 0 Å². The SMILES string of the molecule is O=N[SH](=S)=S. The summed E-state index contributed by atoms with van der Waals surface area (Å²) in [5.41, 5.74) is 0. The van der Waals surface area contributed by atoms with Gasteiger partial charge >= 0.3 is 0 Å². The summed E-state index contributed by atoms with van der Waals surface area (Å²) in [5, 5.41) is 0. The molecule has 2 nitrogen and oxygen atoms in total. The minimum Gasteiger partial charge on any atom is -0.137 e. The van der Waals surface area contributed by atoms with E-state index in [1.807, 2.05) is 0 Å². The summed E-state index contributed by atoms with van der Waals surface area (Å²) in [5.74, 6) is 0. The summed E-state index contributed by atoms with van der Waals surface area (Å²) in [6.45, 7) is 0. The van der Waals surface area contributed by atoms with Crippen molar-refractivity contribution in [2.45, 2.75) is 0 Å². The molecule has 0 unspecified atom stereocenters. The molecule has 30 valence electrons. The molecule has 0 amide bonds. The van der Waals surface area contributed by atoms with Crippen molar-refractivity contribution in [1.29, 1.82) is 0 Å². The number of hydrogen-bond acceptors (Lipinski definition) is 3. The van der Waals surface area contributed by atoms with E-state index in [0.717, 1.165) is 0 Å². The number of nitrogens with zero attached hydrogens (tertiary/aromatic N) is 1. The van der Waals surface area contributed by atoms with Crippen LogP contribution in [0.2, 0.25) is 0 Å². The van der Waals surface area contributed by atoms with Crippen molar-refractivity contribution in [3.63, 3.8) is 0 Å². The van der Waals surface area contributed by atoms with Gasteiger partial charge in [-0.3, -0.25) is 0 Å². The quantitative estimate of drug-likeness (QED) is 0.395. The molecule has 0 atom stereocenters. The minimum absolute atomic E-state index is 1.36. The largest absolute Gasteiger partial charge is 0.137 e. The van der Waals surface area contributed by atoms with Gasteiger partial charge in [0.2, 0.25) is 0 Å². The molecule has 0 rings (SSSR count). The normalized spacial score (nSPS) is 8.20. The summed E-state index contributed by atoms with van der Waals surface area (Å²) in [6, 6.07) is 0. The van der Waals surface area contributed by atoms with Crippen molar-refractivity contribution in [2.75, 3.05) is 0 Å². The van der Waals surface area contributed by atoms with E-state index in [1.54, 1.807) is 0 Å². The number of thiol groups is 1. The molecular formula is HNOS3. The first-order valence-electron chi connectivity index (χ1n) is 0.748.